The number of benzene rings is 1. The predicted octanol–water partition coefficient (Wildman–Crippen LogP) is -0.591. The first-order valence-electron chi connectivity index (χ1n) is 6.42. The first-order chi connectivity index (χ1) is 8.87. The van der Waals surface area contributed by atoms with Gasteiger partial charge in [-0.25, -0.2) is 0 Å². The molecule has 0 aliphatic carbocycles. The van der Waals surface area contributed by atoms with Crippen molar-refractivity contribution in [2.45, 2.75) is 26.2 Å². The Kier molecular flexibility index (Phi) is 6.67. The molecule has 0 atom stereocenters. The highest BCUT2D eigenvalue weighted by Gasteiger charge is 2.41. The molecule has 1 aromatic rings. The van der Waals surface area contributed by atoms with Gasteiger partial charge in [-0.05, 0) is 31.4 Å². The van der Waals surface area contributed by atoms with Crippen molar-refractivity contribution in [1.82, 2.24) is 0 Å². The topological polar surface area (TPSA) is 89.4 Å². The van der Waals surface area contributed by atoms with Crippen molar-refractivity contribution in [1.29, 1.82) is 0 Å². The molecule has 0 amide bonds. The van der Waals surface area contributed by atoms with Gasteiger partial charge in [0.25, 0.3) is 0 Å². The highest BCUT2D eigenvalue weighted by molar-refractivity contribution is 7.83. The van der Waals surface area contributed by atoms with Gasteiger partial charge in [0, 0.05) is 7.26 Å². The Morgan fingerprint density at radius 2 is 1.58 bits per heavy atom. The zero-order chi connectivity index (χ0) is 14.4. The zero-order valence-electron chi connectivity index (χ0n) is 11.1. The minimum absolute atomic E-state index is 0.699. The van der Waals surface area contributed by atoms with E-state index >= 15 is 0 Å². The van der Waals surface area contributed by atoms with E-state index in [-0.39, 0.29) is 0 Å². The Morgan fingerprint density at radius 1 is 1.11 bits per heavy atom. The highest BCUT2D eigenvalue weighted by atomic mass is 35.7. The molecule has 0 bridgehead atoms. The van der Waals surface area contributed by atoms with Crippen molar-refractivity contribution in [3.8, 4) is 0 Å². The summed E-state index contributed by atoms with van der Waals surface area (Å²) in [4.78, 5) is 0. The SMILES string of the molecule is CCC[P+]1(c2ccccc2)CCCC1.[O-][Cl+3]([O-])([O-])O. The summed E-state index contributed by atoms with van der Waals surface area (Å²) < 4.78 is 32.7. The van der Waals surface area contributed by atoms with Gasteiger partial charge in [0.1, 0.15) is 0 Å². The molecule has 1 N–H and O–H groups in total. The van der Waals surface area contributed by atoms with E-state index < -0.39 is 17.5 Å². The molecule has 6 heteroatoms. The summed E-state index contributed by atoms with van der Waals surface area (Å²) >= 11 is 0. The molecule has 1 fully saturated rings. The minimum Gasteiger partial charge on any atom is -0.183 e. The third-order valence-corrected chi connectivity index (χ3v) is 8.42. The smallest absolute Gasteiger partial charge is 0.0939 e. The van der Waals surface area contributed by atoms with Gasteiger partial charge in [0.05, 0.1) is 38.7 Å². The standard InChI is InChI=1S/C13H20P.ClHO4/c1-2-10-14(11-6-7-12-14)13-8-4-3-5-9-13;2-1(3,4)5/h3-5,8-9H,2,6-7,10-12H2,1H3;(H,2,3,4,5)/q+1;. The summed E-state index contributed by atoms with van der Waals surface area (Å²) in [6, 6.07) is 11.3. The summed E-state index contributed by atoms with van der Waals surface area (Å²) in [6.45, 7) is 2.34. The monoisotopic (exact) mass is 307 g/mol. The van der Waals surface area contributed by atoms with Crippen LogP contribution in [0.5, 0.6) is 0 Å². The Labute approximate surface area is 117 Å². The van der Waals surface area contributed by atoms with Crippen LogP contribution in [0.15, 0.2) is 30.3 Å². The lowest BCUT2D eigenvalue weighted by Gasteiger charge is -2.21. The summed E-state index contributed by atoms with van der Waals surface area (Å²) in [5.41, 5.74) is 0. The van der Waals surface area contributed by atoms with Crippen LogP contribution in [0.1, 0.15) is 26.2 Å². The van der Waals surface area contributed by atoms with E-state index in [0.29, 0.717) is 0 Å². The zero-order valence-corrected chi connectivity index (χ0v) is 12.8. The molecule has 1 aliphatic rings. The van der Waals surface area contributed by atoms with Crippen LogP contribution in [0.25, 0.3) is 0 Å². The quantitative estimate of drug-likeness (QED) is 0.756. The van der Waals surface area contributed by atoms with Crippen molar-refractivity contribution in [2.24, 2.45) is 0 Å². The first-order valence-corrected chi connectivity index (χ1v) is 10.0. The van der Waals surface area contributed by atoms with Gasteiger partial charge in [-0.2, -0.15) is 14.0 Å². The summed E-state index contributed by atoms with van der Waals surface area (Å²) in [5, 5.41) is 1.69. The third kappa shape index (κ3) is 6.17. The van der Waals surface area contributed by atoms with E-state index in [4.69, 9.17) is 18.6 Å². The highest BCUT2D eigenvalue weighted by Crippen LogP contribution is 2.62. The van der Waals surface area contributed by atoms with Crippen molar-refractivity contribution >= 4 is 12.6 Å². The fraction of sp³-hybridized carbons (Fsp3) is 0.538. The Morgan fingerprint density at radius 3 is 2.00 bits per heavy atom. The Bertz CT molecular complexity index is 355. The van der Waals surface area contributed by atoms with Crippen molar-refractivity contribution in [3.63, 3.8) is 0 Å². The largest absolute Gasteiger partial charge is 0.183 e. The normalized spacial score (nSPS) is 17.7. The molecule has 1 heterocycles. The van der Waals surface area contributed by atoms with Crippen LogP contribution in [0.4, 0.5) is 0 Å². The number of hydrogen-bond donors (Lipinski definition) is 1. The average molecular weight is 308 g/mol. The predicted molar refractivity (Wildman–Crippen MR) is 69.3 cm³/mol. The third-order valence-electron chi connectivity index (χ3n) is 3.38. The van der Waals surface area contributed by atoms with Gasteiger partial charge < -0.3 is 0 Å². The van der Waals surface area contributed by atoms with E-state index in [1.165, 1.54) is 37.7 Å². The molecule has 1 aliphatic heterocycles. The molecule has 0 unspecified atom stereocenters. The van der Waals surface area contributed by atoms with Crippen LogP contribution in [0, 0.1) is 10.2 Å². The second kappa shape index (κ2) is 7.53. The molecule has 0 aromatic heterocycles. The molecule has 1 saturated heterocycles. The molecule has 108 valence electrons. The average Bonchev–Trinajstić information content (AvgIpc) is 2.78. The second-order valence-electron chi connectivity index (χ2n) is 4.75. The van der Waals surface area contributed by atoms with E-state index in [0.717, 1.165) is 0 Å². The lowest BCUT2D eigenvalue weighted by molar-refractivity contribution is -1.92. The minimum atomic E-state index is -4.69. The van der Waals surface area contributed by atoms with Crippen molar-refractivity contribution in [2.75, 3.05) is 18.5 Å². The van der Waals surface area contributed by atoms with E-state index in [2.05, 4.69) is 37.3 Å². The molecule has 0 saturated carbocycles. The lowest BCUT2D eigenvalue weighted by Crippen LogP contribution is -2.58. The van der Waals surface area contributed by atoms with E-state index in [9.17, 15) is 0 Å². The molecule has 4 nitrogen and oxygen atoms in total. The van der Waals surface area contributed by atoms with Crippen LogP contribution >= 0.6 is 7.26 Å². The molecule has 0 radical (unpaired) electrons. The summed E-state index contributed by atoms with van der Waals surface area (Å²) in [5.74, 6) is 0. The van der Waals surface area contributed by atoms with Gasteiger partial charge in [-0.3, -0.25) is 0 Å². The Hall–Kier alpha value is -0.220. The van der Waals surface area contributed by atoms with Crippen LogP contribution in [0.3, 0.4) is 0 Å². The lowest BCUT2D eigenvalue weighted by atomic mass is 10.4. The number of halogens is 1. The van der Waals surface area contributed by atoms with Gasteiger partial charge in [-0.1, -0.05) is 25.1 Å². The van der Waals surface area contributed by atoms with E-state index in [1.54, 1.807) is 5.30 Å². The molecule has 2 rings (SSSR count). The fourth-order valence-electron chi connectivity index (χ4n) is 2.72. The molecular weight excluding hydrogens is 287 g/mol. The van der Waals surface area contributed by atoms with Crippen LogP contribution < -0.4 is 19.3 Å². The van der Waals surface area contributed by atoms with Crippen molar-refractivity contribution < 1.29 is 28.9 Å². The fourth-order valence-corrected chi connectivity index (χ4v) is 7.49. The van der Waals surface area contributed by atoms with Gasteiger partial charge >= 0.3 is 0 Å². The maximum Gasteiger partial charge on any atom is 0.0939 e. The number of rotatable bonds is 3. The van der Waals surface area contributed by atoms with Crippen LogP contribution in [-0.2, 0) is 0 Å². The number of hydrogen-bond acceptors (Lipinski definition) is 4. The molecule has 19 heavy (non-hydrogen) atoms. The van der Waals surface area contributed by atoms with E-state index in [1.807, 2.05) is 0 Å². The van der Waals surface area contributed by atoms with Gasteiger partial charge in [0.2, 0.25) is 0 Å². The van der Waals surface area contributed by atoms with Gasteiger partial charge in [-0.15, -0.1) is 0 Å². The van der Waals surface area contributed by atoms with Crippen LogP contribution in [-0.4, -0.2) is 23.1 Å². The molecule has 0 spiro atoms. The van der Waals surface area contributed by atoms with Crippen molar-refractivity contribution in [3.05, 3.63) is 30.3 Å². The Balaban J connectivity index is 0.000000312. The molecule has 1 aromatic carbocycles. The van der Waals surface area contributed by atoms with Gasteiger partial charge in [0.15, 0.2) is 0 Å². The summed E-state index contributed by atoms with van der Waals surface area (Å²) in [7, 11) is -5.39. The first kappa shape index (κ1) is 16.8. The maximum atomic E-state index is 8.60. The molecular formula is C13H21ClO4P+. The van der Waals surface area contributed by atoms with Crippen LogP contribution in [0.2, 0.25) is 0 Å². The second-order valence-corrected chi connectivity index (χ2v) is 9.70. The maximum absolute atomic E-state index is 8.60. The summed E-state index contributed by atoms with van der Waals surface area (Å²) in [6.07, 6.45) is 8.83.